The highest BCUT2D eigenvalue weighted by atomic mass is 16.2. The van der Waals surface area contributed by atoms with Crippen LogP contribution in [0.2, 0.25) is 0 Å². The average Bonchev–Trinajstić information content (AvgIpc) is 2.05. The average molecular weight is 162 g/mol. The molecule has 0 aliphatic carbocycles. The summed E-state index contributed by atoms with van der Waals surface area (Å²) in [5, 5.41) is 8.46. The van der Waals surface area contributed by atoms with Crippen LogP contribution in [-0.2, 0) is 0 Å². The molecule has 0 aliphatic rings. The number of aliphatic hydroxyl groups excluding tert-OH is 1. The van der Waals surface area contributed by atoms with Gasteiger partial charge < -0.3 is 5.11 Å². The molecule has 0 radical (unpaired) electrons. The van der Waals surface area contributed by atoms with Crippen LogP contribution in [0.25, 0.3) is 0 Å². The Balaban J connectivity index is 2.71. The van der Waals surface area contributed by atoms with Crippen LogP contribution in [0.5, 0.6) is 0 Å². The van der Waals surface area contributed by atoms with E-state index in [1.54, 1.807) is 12.4 Å². The Morgan fingerprint density at radius 3 is 3.00 bits per heavy atom. The van der Waals surface area contributed by atoms with Gasteiger partial charge in [0.1, 0.15) is 5.69 Å². The molecule has 1 aromatic heterocycles. The summed E-state index contributed by atoms with van der Waals surface area (Å²) >= 11 is 0. The van der Waals surface area contributed by atoms with E-state index in [2.05, 4.69) is 21.8 Å². The van der Waals surface area contributed by atoms with Crippen LogP contribution in [0.3, 0.4) is 0 Å². The Kier molecular flexibility index (Phi) is 3.24. The predicted molar refractivity (Wildman–Crippen MR) is 45.3 cm³/mol. The second-order valence-electron chi connectivity index (χ2n) is 2.32. The van der Waals surface area contributed by atoms with E-state index in [0.717, 1.165) is 5.69 Å². The maximum Gasteiger partial charge on any atom is 0.131 e. The monoisotopic (exact) mass is 162 g/mol. The predicted octanol–water partition coefficient (Wildman–Crippen LogP) is 0.519. The summed E-state index contributed by atoms with van der Waals surface area (Å²) in [6.07, 6.45) is 3.77. The zero-order valence-corrected chi connectivity index (χ0v) is 6.91. The summed E-state index contributed by atoms with van der Waals surface area (Å²) in [5.74, 6) is 5.58. The molecule has 0 amide bonds. The van der Waals surface area contributed by atoms with Crippen molar-refractivity contribution in [3.05, 3.63) is 23.8 Å². The minimum absolute atomic E-state index is 0.0895. The molecule has 0 fully saturated rings. The SMILES string of the molecule is Cc1cncc(C#CCCO)n1. The molecule has 3 nitrogen and oxygen atoms in total. The van der Waals surface area contributed by atoms with E-state index in [1.807, 2.05) is 6.92 Å². The molecule has 1 rings (SSSR count). The largest absolute Gasteiger partial charge is 0.395 e. The van der Waals surface area contributed by atoms with Crippen molar-refractivity contribution in [1.82, 2.24) is 9.97 Å². The first kappa shape index (κ1) is 8.69. The smallest absolute Gasteiger partial charge is 0.131 e. The minimum Gasteiger partial charge on any atom is -0.395 e. The zero-order chi connectivity index (χ0) is 8.81. The van der Waals surface area contributed by atoms with E-state index in [0.29, 0.717) is 12.1 Å². The van der Waals surface area contributed by atoms with E-state index < -0.39 is 0 Å². The van der Waals surface area contributed by atoms with Crippen molar-refractivity contribution in [1.29, 1.82) is 0 Å². The van der Waals surface area contributed by atoms with E-state index in [9.17, 15) is 0 Å². The van der Waals surface area contributed by atoms with Crippen molar-refractivity contribution in [3.8, 4) is 11.8 Å². The highest BCUT2D eigenvalue weighted by Gasteiger charge is 1.88. The summed E-state index contributed by atoms with van der Waals surface area (Å²) in [4.78, 5) is 8.06. The van der Waals surface area contributed by atoms with Gasteiger partial charge in [0.15, 0.2) is 0 Å². The van der Waals surface area contributed by atoms with Gasteiger partial charge in [0.05, 0.1) is 18.5 Å². The van der Waals surface area contributed by atoms with E-state index in [4.69, 9.17) is 5.11 Å². The Hall–Kier alpha value is -1.40. The van der Waals surface area contributed by atoms with Gasteiger partial charge in [-0.1, -0.05) is 5.92 Å². The van der Waals surface area contributed by atoms with Gasteiger partial charge in [-0.05, 0) is 12.8 Å². The van der Waals surface area contributed by atoms with Gasteiger partial charge in [-0.3, -0.25) is 4.98 Å². The standard InChI is InChI=1S/C9H10N2O/c1-8-6-10-7-9(11-8)4-2-3-5-12/h6-7,12H,3,5H2,1H3. The van der Waals surface area contributed by atoms with Crippen LogP contribution >= 0.6 is 0 Å². The molecular weight excluding hydrogens is 152 g/mol. The molecule has 0 unspecified atom stereocenters. The minimum atomic E-state index is 0.0895. The first-order valence-electron chi connectivity index (χ1n) is 3.71. The van der Waals surface area contributed by atoms with Gasteiger partial charge in [0, 0.05) is 12.6 Å². The molecule has 1 aromatic rings. The number of nitrogens with zero attached hydrogens (tertiary/aromatic N) is 2. The zero-order valence-electron chi connectivity index (χ0n) is 6.91. The Bertz CT molecular complexity index is 312. The van der Waals surface area contributed by atoms with Crippen molar-refractivity contribution in [2.45, 2.75) is 13.3 Å². The Morgan fingerprint density at radius 2 is 2.33 bits per heavy atom. The molecule has 0 saturated heterocycles. The lowest BCUT2D eigenvalue weighted by Crippen LogP contribution is -1.88. The number of hydrogen-bond donors (Lipinski definition) is 1. The third kappa shape index (κ3) is 2.69. The Morgan fingerprint density at radius 1 is 1.50 bits per heavy atom. The van der Waals surface area contributed by atoms with Crippen LogP contribution < -0.4 is 0 Å². The molecule has 0 saturated carbocycles. The summed E-state index contributed by atoms with van der Waals surface area (Å²) in [6.45, 7) is 1.95. The van der Waals surface area contributed by atoms with E-state index in [-0.39, 0.29) is 6.61 Å². The molecule has 0 atom stereocenters. The number of aryl methyl sites for hydroxylation is 1. The third-order valence-electron chi connectivity index (χ3n) is 1.21. The van der Waals surface area contributed by atoms with Crippen molar-refractivity contribution in [3.63, 3.8) is 0 Å². The highest BCUT2D eigenvalue weighted by molar-refractivity contribution is 5.25. The lowest BCUT2D eigenvalue weighted by atomic mass is 10.4. The number of hydrogen-bond acceptors (Lipinski definition) is 3. The second-order valence-corrected chi connectivity index (χ2v) is 2.32. The molecule has 1 N–H and O–H groups in total. The molecular formula is C9H10N2O. The van der Waals surface area contributed by atoms with Gasteiger partial charge in [0.25, 0.3) is 0 Å². The van der Waals surface area contributed by atoms with Crippen molar-refractivity contribution in [2.75, 3.05) is 6.61 Å². The molecule has 1 heterocycles. The van der Waals surface area contributed by atoms with Gasteiger partial charge in [0.2, 0.25) is 0 Å². The summed E-state index contributed by atoms with van der Waals surface area (Å²) < 4.78 is 0. The van der Waals surface area contributed by atoms with Gasteiger partial charge >= 0.3 is 0 Å². The molecule has 3 heteroatoms. The molecule has 0 aromatic carbocycles. The third-order valence-corrected chi connectivity index (χ3v) is 1.21. The molecule has 62 valence electrons. The van der Waals surface area contributed by atoms with Crippen LogP contribution in [0.4, 0.5) is 0 Å². The normalized spacial score (nSPS) is 8.83. The fourth-order valence-corrected chi connectivity index (χ4v) is 0.733. The van der Waals surface area contributed by atoms with Crippen molar-refractivity contribution in [2.24, 2.45) is 0 Å². The first-order valence-corrected chi connectivity index (χ1v) is 3.71. The topological polar surface area (TPSA) is 46.0 Å². The summed E-state index contributed by atoms with van der Waals surface area (Å²) in [7, 11) is 0. The van der Waals surface area contributed by atoms with E-state index in [1.165, 1.54) is 0 Å². The van der Waals surface area contributed by atoms with E-state index >= 15 is 0 Å². The summed E-state index contributed by atoms with van der Waals surface area (Å²) in [6, 6.07) is 0. The van der Waals surface area contributed by atoms with Crippen LogP contribution in [0.1, 0.15) is 17.8 Å². The summed E-state index contributed by atoms with van der Waals surface area (Å²) in [5.41, 5.74) is 1.51. The molecule has 0 spiro atoms. The van der Waals surface area contributed by atoms with Crippen LogP contribution in [0, 0.1) is 18.8 Å². The van der Waals surface area contributed by atoms with Gasteiger partial charge in [-0.2, -0.15) is 0 Å². The Labute approximate surface area is 71.5 Å². The fourth-order valence-electron chi connectivity index (χ4n) is 0.733. The van der Waals surface area contributed by atoms with Crippen molar-refractivity contribution < 1.29 is 5.11 Å². The van der Waals surface area contributed by atoms with Gasteiger partial charge in [-0.15, -0.1) is 0 Å². The van der Waals surface area contributed by atoms with Crippen LogP contribution in [-0.4, -0.2) is 21.7 Å². The maximum atomic E-state index is 8.46. The number of aromatic nitrogens is 2. The molecule has 0 aliphatic heterocycles. The second kappa shape index (κ2) is 4.47. The van der Waals surface area contributed by atoms with Gasteiger partial charge in [-0.25, -0.2) is 4.98 Å². The first-order chi connectivity index (χ1) is 5.83. The molecule has 12 heavy (non-hydrogen) atoms. The molecule has 0 bridgehead atoms. The van der Waals surface area contributed by atoms with Crippen molar-refractivity contribution >= 4 is 0 Å². The highest BCUT2D eigenvalue weighted by Crippen LogP contribution is 1.91. The lowest BCUT2D eigenvalue weighted by molar-refractivity contribution is 0.305. The lowest BCUT2D eigenvalue weighted by Gasteiger charge is -1.90. The van der Waals surface area contributed by atoms with Crippen LogP contribution in [0.15, 0.2) is 12.4 Å². The number of aliphatic hydroxyl groups is 1. The maximum absolute atomic E-state index is 8.46. The number of rotatable bonds is 1. The fraction of sp³-hybridized carbons (Fsp3) is 0.333. The quantitative estimate of drug-likeness (QED) is 0.612.